The number of amides is 2. The predicted molar refractivity (Wildman–Crippen MR) is 172 cm³/mol. The number of anilines is 1. The minimum Gasteiger partial charge on any atom is -0.357 e. The van der Waals surface area contributed by atoms with Gasteiger partial charge in [0, 0.05) is 25.0 Å². The number of sulfonamides is 1. The number of rotatable bonds is 11. The smallest absolute Gasteiger partial charge is 0.264 e. The number of benzene rings is 4. The number of likely N-dealkylation sites (N-methyl/N-ethyl adjacent to an activating group) is 1. The molecule has 0 aliphatic heterocycles. The van der Waals surface area contributed by atoms with Gasteiger partial charge >= 0.3 is 0 Å². The molecule has 0 fully saturated rings. The molecule has 0 unspecified atom stereocenters. The van der Waals surface area contributed by atoms with E-state index in [1.807, 2.05) is 63.2 Å². The molecule has 0 saturated carbocycles. The fraction of sp³-hybridized carbons (Fsp3) is 0.235. The van der Waals surface area contributed by atoms with E-state index in [-0.39, 0.29) is 23.8 Å². The zero-order valence-electron chi connectivity index (χ0n) is 24.7. The van der Waals surface area contributed by atoms with E-state index < -0.39 is 28.5 Å². The minimum absolute atomic E-state index is 0.0512. The lowest BCUT2D eigenvalue weighted by Crippen LogP contribution is -2.53. The van der Waals surface area contributed by atoms with Gasteiger partial charge in [0.05, 0.1) is 10.6 Å². The van der Waals surface area contributed by atoms with Crippen LogP contribution in [0.2, 0.25) is 5.02 Å². The van der Waals surface area contributed by atoms with Gasteiger partial charge in [-0.25, -0.2) is 8.42 Å². The van der Waals surface area contributed by atoms with Gasteiger partial charge in [-0.1, -0.05) is 77.8 Å². The van der Waals surface area contributed by atoms with Crippen molar-refractivity contribution in [3.8, 4) is 0 Å². The minimum atomic E-state index is -4.15. The van der Waals surface area contributed by atoms with Crippen LogP contribution in [-0.2, 0) is 32.6 Å². The first kappa shape index (κ1) is 31.8. The van der Waals surface area contributed by atoms with Crippen molar-refractivity contribution >= 4 is 39.1 Å². The second-order valence-electron chi connectivity index (χ2n) is 10.6. The number of halogens is 1. The van der Waals surface area contributed by atoms with Crippen molar-refractivity contribution < 1.29 is 18.0 Å². The molecule has 9 heteroatoms. The highest BCUT2D eigenvalue weighted by molar-refractivity contribution is 7.92. The highest BCUT2D eigenvalue weighted by Gasteiger charge is 2.34. The standard InChI is InChI=1S/C34H36ClN3O4S/c1-24-13-17-31(18-14-24)43(41,42)38(30-16-15-25(2)26(3)19-30)23-33(39)37(22-28-11-8-12-29(35)20-28)32(34(40)36-4)21-27-9-6-5-7-10-27/h5-20,32H,21-23H2,1-4H3,(H,36,40)/t32-/m0/s1. The molecular weight excluding hydrogens is 582 g/mol. The Bertz CT molecular complexity index is 1690. The third-order valence-electron chi connectivity index (χ3n) is 7.43. The number of nitrogens with zero attached hydrogens (tertiary/aromatic N) is 2. The second kappa shape index (κ2) is 13.9. The lowest BCUT2D eigenvalue weighted by Gasteiger charge is -2.33. The molecule has 0 heterocycles. The topological polar surface area (TPSA) is 86.8 Å². The van der Waals surface area contributed by atoms with Crippen molar-refractivity contribution in [2.24, 2.45) is 0 Å². The summed E-state index contributed by atoms with van der Waals surface area (Å²) in [6, 6.07) is 27.3. The van der Waals surface area contributed by atoms with Crippen molar-refractivity contribution in [1.29, 1.82) is 0 Å². The van der Waals surface area contributed by atoms with E-state index in [0.29, 0.717) is 16.3 Å². The summed E-state index contributed by atoms with van der Waals surface area (Å²) in [4.78, 5) is 29.2. The van der Waals surface area contributed by atoms with Crippen LogP contribution in [0, 0.1) is 20.8 Å². The molecule has 224 valence electrons. The van der Waals surface area contributed by atoms with Crippen LogP contribution in [0.25, 0.3) is 0 Å². The highest BCUT2D eigenvalue weighted by Crippen LogP contribution is 2.27. The summed E-state index contributed by atoms with van der Waals surface area (Å²) in [6.45, 7) is 5.25. The lowest BCUT2D eigenvalue weighted by atomic mass is 10.0. The van der Waals surface area contributed by atoms with Gasteiger partial charge in [-0.05, 0) is 79.4 Å². The van der Waals surface area contributed by atoms with Crippen molar-refractivity contribution in [1.82, 2.24) is 10.2 Å². The molecule has 0 radical (unpaired) electrons. The molecule has 0 aliphatic rings. The molecule has 1 N–H and O–H groups in total. The lowest BCUT2D eigenvalue weighted by molar-refractivity contribution is -0.139. The quantitative estimate of drug-likeness (QED) is 0.229. The molecule has 0 bridgehead atoms. The molecule has 0 spiro atoms. The fourth-order valence-electron chi connectivity index (χ4n) is 4.80. The first-order valence-electron chi connectivity index (χ1n) is 14.0. The maximum absolute atomic E-state index is 14.4. The number of aryl methyl sites for hydroxylation is 3. The van der Waals surface area contributed by atoms with Crippen LogP contribution in [0.3, 0.4) is 0 Å². The Kier molecular flexibility index (Phi) is 10.3. The van der Waals surface area contributed by atoms with E-state index in [4.69, 9.17) is 11.6 Å². The zero-order chi connectivity index (χ0) is 31.1. The van der Waals surface area contributed by atoms with Crippen molar-refractivity contribution in [3.63, 3.8) is 0 Å². The van der Waals surface area contributed by atoms with Gasteiger partial charge in [0.2, 0.25) is 11.8 Å². The van der Waals surface area contributed by atoms with E-state index in [1.54, 1.807) is 42.5 Å². The number of nitrogens with one attached hydrogen (secondary N) is 1. The van der Waals surface area contributed by atoms with Gasteiger partial charge in [0.1, 0.15) is 12.6 Å². The summed E-state index contributed by atoms with van der Waals surface area (Å²) >= 11 is 6.27. The fourth-order valence-corrected chi connectivity index (χ4v) is 6.42. The highest BCUT2D eigenvalue weighted by atomic mass is 35.5. The largest absolute Gasteiger partial charge is 0.357 e. The summed E-state index contributed by atoms with van der Waals surface area (Å²) < 4.78 is 29.3. The maximum Gasteiger partial charge on any atom is 0.264 e. The number of carbonyl (C=O) groups is 2. The van der Waals surface area contributed by atoms with E-state index in [2.05, 4.69) is 5.32 Å². The summed E-state index contributed by atoms with van der Waals surface area (Å²) in [7, 11) is -2.64. The summed E-state index contributed by atoms with van der Waals surface area (Å²) in [6.07, 6.45) is 0.237. The average Bonchev–Trinajstić information content (AvgIpc) is 2.99. The third kappa shape index (κ3) is 7.83. The van der Waals surface area contributed by atoms with E-state index in [9.17, 15) is 18.0 Å². The van der Waals surface area contributed by atoms with Gasteiger partial charge in [0.15, 0.2) is 0 Å². The van der Waals surface area contributed by atoms with Crippen LogP contribution in [-0.4, -0.2) is 44.8 Å². The Morgan fingerprint density at radius 2 is 1.49 bits per heavy atom. The molecule has 4 aromatic carbocycles. The van der Waals surface area contributed by atoms with E-state index in [0.717, 1.165) is 26.6 Å². The monoisotopic (exact) mass is 617 g/mol. The van der Waals surface area contributed by atoms with E-state index in [1.165, 1.54) is 24.1 Å². The molecule has 4 aromatic rings. The summed E-state index contributed by atoms with van der Waals surface area (Å²) in [5.74, 6) is -0.892. The third-order valence-corrected chi connectivity index (χ3v) is 9.45. The molecule has 1 atom stereocenters. The Morgan fingerprint density at radius 1 is 0.814 bits per heavy atom. The van der Waals surface area contributed by atoms with Crippen LogP contribution in [0.1, 0.15) is 27.8 Å². The van der Waals surface area contributed by atoms with Crippen LogP contribution in [0.5, 0.6) is 0 Å². The first-order valence-corrected chi connectivity index (χ1v) is 15.8. The average molecular weight is 618 g/mol. The molecule has 2 amide bonds. The van der Waals surface area contributed by atoms with Crippen molar-refractivity contribution in [2.75, 3.05) is 17.9 Å². The van der Waals surface area contributed by atoms with Gasteiger partial charge in [-0.2, -0.15) is 0 Å². The van der Waals surface area contributed by atoms with Gasteiger partial charge in [-0.3, -0.25) is 13.9 Å². The number of hydrogen-bond acceptors (Lipinski definition) is 4. The first-order chi connectivity index (χ1) is 20.5. The number of carbonyl (C=O) groups excluding carboxylic acids is 2. The molecule has 7 nitrogen and oxygen atoms in total. The molecule has 0 aliphatic carbocycles. The molecule has 0 aromatic heterocycles. The molecule has 43 heavy (non-hydrogen) atoms. The van der Waals surface area contributed by atoms with Crippen molar-refractivity contribution in [3.05, 3.63) is 130 Å². The van der Waals surface area contributed by atoms with Crippen LogP contribution in [0.4, 0.5) is 5.69 Å². The van der Waals surface area contributed by atoms with Crippen LogP contribution >= 0.6 is 11.6 Å². The Balaban J connectivity index is 1.80. The Labute approximate surface area is 259 Å². The summed E-state index contributed by atoms with van der Waals surface area (Å²) in [5.41, 5.74) is 4.72. The second-order valence-corrected chi connectivity index (χ2v) is 12.9. The predicted octanol–water partition coefficient (Wildman–Crippen LogP) is 5.85. The van der Waals surface area contributed by atoms with Gasteiger partial charge in [0.25, 0.3) is 10.0 Å². The molecular formula is C34H36ClN3O4S. The molecule has 0 saturated heterocycles. The van der Waals surface area contributed by atoms with Crippen LogP contribution < -0.4 is 9.62 Å². The van der Waals surface area contributed by atoms with Crippen molar-refractivity contribution in [2.45, 2.75) is 44.7 Å². The van der Waals surface area contributed by atoms with E-state index >= 15 is 0 Å². The maximum atomic E-state index is 14.4. The Hall–Kier alpha value is -4.14. The summed E-state index contributed by atoms with van der Waals surface area (Å²) in [5, 5.41) is 3.18. The van der Waals surface area contributed by atoms with Gasteiger partial charge < -0.3 is 10.2 Å². The zero-order valence-corrected chi connectivity index (χ0v) is 26.3. The number of hydrogen-bond donors (Lipinski definition) is 1. The molecule has 4 rings (SSSR count). The normalized spacial score (nSPS) is 11.9. The van der Waals surface area contributed by atoms with Crippen LogP contribution in [0.15, 0.2) is 102 Å². The Morgan fingerprint density at radius 3 is 2.12 bits per heavy atom. The van der Waals surface area contributed by atoms with Gasteiger partial charge in [-0.15, -0.1) is 0 Å². The SMILES string of the molecule is CNC(=O)[C@H](Cc1ccccc1)N(Cc1cccc(Cl)c1)C(=O)CN(c1ccc(C)c(C)c1)S(=O)(=O)c1ccc(C)cc1.